The fourth-order valence-electron chi connectivity index (χ4n) is 4.60. The van der Waals surface area contributed by atoms with Crippen molar-refractivity contribution in [1.29, 1.82) is 0 Å². The molecule has 4 heterocycles. The molecule has 0 saturated heterocycles. The van der Waals surface area contributed by atoms with Crippen molar-refractivity contribution in [2.75, 3.05) is 7.11 Å². The fraction of sp³-hybridized carbons (Fsp3) is 0.154. The summed E-state index contributed by atoms with van der Waals surface area (Å²) in [7, 11) is 7.13. The number of ether oxygens (including phenoxy) is 1. The van der Waals surface area contributed by atoms with E-state index in [9.17, 15) is 4.79 Å². The summed E-state index contributed by atoms with van der Waals surface area (Å²) < 4.78 is 12.7. The molecule has 9 nitrogen and oxygen atoms in total. The number of aryl methyl sites for hydroxylation is 3. The number of hydrogen-bond donors (Lipinski definition) is 0. The van der Waals surface area contributed by atoms with Gasteiger partial charge in [0.05, 0.1) is 41.7 Å². The number of nitrogens with zero attached hydrogens (tertiary/aromatic N) is 7. The van der Waals surface area contributed by atoms with Crippen LogP contribution in [-0.2, 0) is 21.1 Å². The van der Waals surface area contributed by atoms with Gasteiger partial charge < -0.3 is 9.30 Å². The molecule has 35 heavy (non-hydrogen) atoms. The van der Waals surface area contributed by atoms with Crippen molar-refractivity contribution in [1.82, 2.24) is 33.2 Å². The molecule has 0 aliphatic rings. The summed E-state index contributed by atoms with van der Waals surface area (Å²) in [6, 6.07) is 16.1. The number of benzene rings is 2. The second-order valence-electron chi connectivity index (χ2n) is 8.52. The Labute approximate surface area is 200 Å². The third-order valence-corrected chi connectivity index (χ3v) is 6.49. The molecule has 0 amide bonds. The molecule has 0 saturated carbocycles. The quantitative estimate of drug-likeness (QED) is 0.397. The number of hydrogen-bond acceptors (Lipinski definition) is 5. The molecule has 0 bridgehead atoms. The molecule has 0 aliphatic carbocycles. The number of aromatic nitrogens is 7. The largest absolute Gasteiger partial charge is 0.481 e. The van der Waals surface area contributed by atoms with Crippen LogP contribution < -0.4 is 10.4 Å². The normalized spacial score (nSPS) is 11.5. The Balaban J connectivity index is 1.61. The van der Waals surface area contributed by atoms with Gasteiger partial charge in [-0.3, -0.25) is 13.7 Å². The van der Waals surface area contributed by atoms with Crippen LogP contribution in [0.25, 0.3) is 50.4 Å². The molecule has 6 aromatic rings. The van der Waals surface area contributed by atoms with E-state index in [1.54, 1.807) is 42.9 Å². The van der Waals surface area contributed by atoms with Gasteiger partial charge in [-0.25, -0.2) is 19.7 Å². The lowest BCUT2D eigenvalue weighted by molar-refractivity contribution is 0.398. The first-order valence-corrected chi connectivity index (χ1v) is 11.1. The maximum absolute atomic E-state index is 12.5. The van der Waals surface area contributed by atoms with E-state index >= 15 is 0 Å². The van der Waals surface area contributed by atoms with Crippen LogP contribution in [0.15, 0.2) is 72.0 Å². The van der Waals surface area contributed by atoms with E-state index in [1.807, 2.05) is 48.1 Å². The van der Waals surface area contributed by atoms with Crippen molar-refractivity contribution in [3.8, 4) is 34.2 Å². The topological polar surface area (TPSA) is 84.7 Å². The van der Waals surface area contributed by atoms with Gasteiger partial charge in [-0.05, 0) is 47.5 Å². The Morgan fingerprint density at radius 3 is 2.40 bits per heavy atom. The summed E-state index contributed by atoms with van der Waals surface area (Å²) in [5.74, 6) is 1.33. The van der Waals surface area contributed by atoms with Gasteiger partial charge in [-0.15, -0.1) is 0 Å². The van der Waals surface area contributed by atoms with Crippen LogP contribution in [0.2, 0.25) is 0 Å². The highest BCUT2D eigenvalue weighted by atomic mass is 16.5. The van der Waals surface area contributed by atoms with Gasteiger partial charge in [0.2, 0.25) is 5.88 Å². The fourth-order valence-corrected chi connectivity index (χ4v) is 4.60. The first-order chi connectivity index (χ1) is 17.0. The van der Waals surface area contributed by atoms with Crippen molar-refractivity contribution in [2.24, 2.45) is 21.1 Å². The Morgan fingerprint density at radius 2 is 1.63 bits per heavy atom. The van der Waals surface area contributed by atoms with Crippen LogP contribution in [0, 0.1) is 0 Å². The highest BCUT2D eigenvalue weighted by Gasteiger charge is 2.19. The predicted molar refractivity (Wildman–Crippen MR) is 135 cm³/mol. The maximum Gasteiger partial charge on any atom is 0.328 e. The van der Waals surface area contributed by atoms with Gasteiger partial charge in [-0.2, -0.15) is 0 Å². The van der Waals surface area contributed by atoms with Crippen LogP contribution >= 0.6 is 0 Å². The van der Waals surface area contributed by atoms with Crippen molar-refractivity contribution in [3.05, 3.63) is 77.7 Å². The molecule has 0 radical (unpaired) electrons. The molecule has 0 spiro atoms. The standard InChI is InChI=1S/C26H23N7O2/c1-30-15-27-14-23(30)25-29-19-11-16(17-9-10-28-24(12-17)35-4)5-7-20(19)33(25)18-6-8-21-22(13-18)32(3)26(34)31(21)2/h5-15H,1-4H3. The van der Waals surface area contributed by atoms with E-state index < -0.39 is 0 Å². The number of fused-ring (bicyclic) bond motifs is 2. The van der Waals surface area contributed by atoms with E-state index in [4.69, 9.17) is 9.72 Å². The van der Waals surface area contributed by atoms with E-state index in [0.29, 0.717) is 5.88 Å². The number of imidazole rings is 3. The third-order valence-electron chi connectivity index (χ3n) is 6.49. The van der Waals surface area contributed by atoms with Crippen LogP contribution in [0.5, 0.6) is 5.88 Å². The second-order valence-corrected chi connectivity index (χ2v) is 8.52. The molecule has 0 N–H and O–H groups in total. The highest BCUT2D eigenvalue weighted by Crippen LogP contribution is 2.32. The first kappa shape index (κ1) is 20.9. The molecule has 2 aromatic carbocycles. The van der Waals surface area contributed by atoms with Gasteiger partial charge >= 0.3 is 5.69 Å². The lowest BCUT2D eigenvalue weighted by Gasteiger charge is -2.11. The van der Waals surface area contributed by atoms with Gasteiger partial charge in [0.25, 0.3) is 0 Å². The molecule has 9 heteroatoms. The predicted octanol–water partition coefficient (Wildman–Crippen LogP) is 3.69. The lowest BCUT2D eigenvalue weighted by atomic mass is 10.1. The van der Waals surface area contributed by atoms with Crippen molar-refractivity contribution in [2.45, 2.75) is 0 Å². The first-order valence-electron chi connectivity index (χ1n) is 11.1. The van der Waals surface area contributed by atoms with Gasteiger partial charge in [0, 0.05) is 39.1 Å². The smallest absolute Gasteiger partial charge is 0.328 e. The summed E-state index contributed by atoms with van der Waals surface area (Å²) in [5.41, 5.74) is 7.28. The lowest BCUT2D eigenvalue weighted by Crippen LogP contribution is -2.19. The summed E-state index contributed by atoms with van der Waals surface area (Å²) in [6.07, 6.45) is 5.30. The van der Waals surface area contributed by atoms with Crippen LogP contribution in [0.1, 0.15) is 0 Å². The number of methoxy groups -OCH3 is 1. The van der Waals surface area contributed by atoms with Crippen LogP contribution in [0.4, 0.5) is 0 Å². The van der Waals surface area contributed by atoms with Crippen LogP contribution in [-0.4, -0.2) is 40.3 Å². The summed E-state index contributed by atoms with van der Waals surface area (Å²) >= 11 is 0. The van der Waals surface area contributed by atoms with E-state index in [-0.39, 0.29) is 5.69 Å². The molecular formula is C26H23N7O2. The number of rotatable bonds is 4. The average Bonchev–Trinajstić information content (AvgIpc) is 3.54. The molecule has 6 rings (SSSR count). The third kappa shape index (κ3) is 3.16. The molecule has 174 valence electrons. The molecule has 4 aromatic heterocycles. The van der Waals surface area contributed by atoms with Gasteiger partial charge in [0.1, 0.15) is 5.69 Å². The minimum atomic E-state index is -0.0584. The molecular weight excluding hydrogens is 442 g/mol. The second kappa shape index (κ2) is 7.69. The highest BCUT2D eigenvalue weighted by molar-refractivity contribution is 5.88. The summed E-state index contributed by atoms with van der Waals surface area (Å²) in [4.78, 5) is 26.0. The summed E-state index contributed by atoms with van der Waals surface area (Å²) in [5, 5.41) is 0. The zero-order valence-corrected chi connectivity index (χ0v) is 19.8. The Bertz CT molecular complexity index is 1800. The Morgan fingerprint density at radius 1 is 0.857 bits per heavy atom. The van der Waals surface area contributed by atoms with Gasteiger partial charge in [-0.1, -0.05) is 6.07 Å². The van der Waals surface area contributed by atoms with Crippen LogP contribution in [0.3, 0.4) is 0 Å². The zero-order chi connectivity index (χ0) is 24.3. The Kier molecular flexibility index (Phi) is 4.60. The van der Waals surface area contributed by atoms with Crippen molar-refractivity contribution in [3.63, 3.8) is 0 Å². The molecule has 0 atom stereocenters. The van der Waals surface area contributed by atoms with Crippen molar-refractivity contribution >= 4 is 22.1 Å². The average molecular weight is 466 g/mol. The maximum atomic E-state index is 12.5. The number of pyridine rings is 1. The molecule has 0 aliphatic heterocycles. The zero-order valence-electron chi connectivity index (χ0n) is 19.8. The monoisotopic (exact) mass is 465 g/mol. The minimum absolute atomic E-state index is 0.0584. The van der Waals surface area contributed by atoms with E-state index in [0.717, 1.165) is 50.4 Å². The molecule has 0 unspecified atom stereocenters. The van der Waals surface area contributed by atoms with Crippen molar-refractivity contribution < 1.29 is 4.74 Å². The summed E-state index contributed by atoms with van der Waals surface area (Å²) in [6.45, 7) is 0. The van der Waals surface area contributed by atoms with Gasteiger partial charge in [0.15, 0.2) is 5.82 Å². The SMILES string of the molecule is COc1cc(-c2ccc3c(c2)nc(-c2cncn2C)n3-c2ccc3c(c2)n(C)c(=O)n3C)ccn1. The molecule has 0 fully saturated rings. The minimum Gasteiger partial charge on any atom is -0.481 e. The van der Waals surface area contributed by atoms with E-state index in [2.05, 4.69) is 32.7 Å². The van der Waals surface area contributed by atoms with E-state index in [1.165, 1.54) is 0 Å². The Hall–Kier alpha value is -4.66.